The third kappa shape index (κ3) is 19.2. The second kappa shape index (κ2) is 38.6. The maximum atomic E-state index is 5.29. The van der Waals surface area contributed by atoms with Gasteiger partial charge >= 0.3 is 0 Å². The fraction of sp³-hybridized carbons (Fsp3) is 0.125. The van der Waals surface area contributed by atoms with E-state index in [-0.39, 0.29) is 41.8 Å². The van der Waals surface area contributed by atoms with Gasteiger partial charge in [0.1, 0.15) is 0 Å². The van der Waals surface area contributed by atoms with Crippen molar-refractivity contribution in [2.75, 3.05) is 0 Å². The van der Waals surface area contributed by atoms with Gasteiger partial charge < -0.3 is 14.5 Å². The summed E-state index contributed by atoms with van der Waals surface area (Å²) in [5.41, 5.74) is 35.2. The monoisotopic (exact) mass is 1960 g/mol. The first-order chi connectivity index (χ1) is 66.4. The molecule has 138 heavy (non-hydrogen) atoms. The summed E-state index contributed by atoms with van der Waals surface area (Å²) in [5, 5.41) is 2.31. The van der Waals surface area contributed by atoms with E-state index in [9.17, 15) is 0 Å². The quantitative estimate of drug-likeness (QED) is 0.0830. The summed E-state index contributed by atoms with van der Waals surface area (Å²) in [7, 11) is 0. The molecule has 1 radical (unpaired) electrons. The molecule has 0 fully saturated rings. The molecule has 16 aromatic carbocycles. The summed E-state index contributed by atoms with van der Waals surface area (Å²) in [6.07, 6.45) is 3.72. The summed E-state index contributed by atoms with van der Waals surface area (Å²) in [4.78, 5) is 40.1. The molecule has 0 N–H and O–H groups in total. The van der Waals surface area contributed by atoms with E-state index in [1.54, 1.807) is 0 Å². The standard InChI is InChI=1S/C94H72N5.C34H33N4.Ir/c1-93(2,3)76-50-44-68(45-51-76)90-96-91(69-46-52-77(53-47-69)94(4,5)6)98-92(97-90)73-48-54-81(95-61-73)70-40-27-41-71(56-70)88-86(66-36-21-11-22-37-66)84(64-32-17-9-18-33-64)85(65-34-19-10-20-35-65)87(67-38-23-12-24-39-67)89(88)72-49-55-83-80(60-72)79-42-25-26-43-82(79)99(83)78-58-74(62-28-13-7-14-29-62)57-75(59-78)63-30-15-8-16-31-63;1-33(2,3)27-17-12-24(13-18-27)30-36-31(25-14-19-28(20-15-25)34(4,5)6)38-32(37-30)26-16-21-29(35-22-26)23-10-8-7-9-11-23;/h7-39,41-61H,1-6H3;7-10,12-22H,1-6H3;/q2*-1;. The first-order valence-electron chi connectivity index (χ1n) is 47.1. The van der Waals surface area contributed by atoms with Crippen LogP contribution in [0, 0.1) is 12.1 Å². The van der Waals surface area contributed by atoms with Gasteiger partial charge in [-0.25, -0.2) is 29.9 Å². The van der Waals surface area contributed by atoms with E-state index in [0.717, 1.165) is 172 Å². The molecule has 21 rings (SSSR count). The molecule has 0 bridgehead atoms. The molecule has 0 aliphatic rings. The Hall–Kier alpha value is -15.7. The Morgan fingerprint density at radius 2 is 0.493 bits per heavy atom. The summed E-state index contributed by atoms with van der Waals surface area (Å²) in [5.74, 6) is 3.63. The van der Waals surface area contributed by atoms with Crippen molar-refractivity contribution >= 4 is 21.8 Å². The molecule has 673 valence electrons. The van der Waals surface area contributed by atoms with Crippen LogP contribution in [0.3, 0.4) is 0 Å². The van der Waals surface area contributed by atoms with E-state index < -0.39 is 0 Å². The minimum absolute atomic E-state index is 0. The molecule has 0 unspecified atom stereocenters. The van der Waals surface area contributed by atoms with Gasteiger partial charge in [0.15, 0.2) is 34.9 Å². The van der Waals surface area contributed by atoms with Gasteiger partial charge in [0.05, 0.1) is 11.0 Å². The predicted octanol–water partition coefficient (Wildman–Crippen LogP) is 33.1. The van der Waals surface area contributed by atoms with Gasteiger partial charge in [-0.2, -0.15) is 0 Å². The first kappa shape index (κ1) is 91.4. The van der Waals surface area contributed by atoms with Crippen LogP contribution in [-0.4, -0.2) is 44.4 Å². The fourth-order valence-electron chi connectivity index (χ4n) is 18.3. The van der Waals surface area contributed by atoms with Crippen LogP contribution in [0.2, 0.25) is 0 Å². The number of nitrogens with zero attached hydrogens (tertiary/aromatic N) is 9. The van der Waals surface area contributed by atoms with E-state index in [4.69, 9.17) is 34.9 Å². The van der Waals surface area contributed by atoms with E-state index in [2.05, 4.69) is 475 Å². The third-order valence-electron chi connectivity index (χ3n) is 25.8. The van der Waals surface area contributed by atoms with Crippen molar-refractivity contribution in [3.63, 3.8) is 0 Å². The smallest absolute Gasteiger partial charge is 0.165 e. The van der Waals surface area contributed by atoms with Crippen LogP contribution in [0.4, 0.5) is 0 Å². The van der Waals surface area contributed by atoms with Crippen LogP contribution < -0.4 is 0 Å². The zero-order valence-electron chi connectivity index (χ0n) is 79.7. The van der Waals surface area contributed by atoms with E-state index in [0.29, 0.717) is 34.9 Å². The normalized spacial score (nSPS) is 11.7. The molecule has 21 aromatic rings. The number of hydrogen-bond acceptors (Lipinski definition) is 8. The minimum Gasteiger partial charge on any atom is -0.309 e. The summed E-state index contributed by atoms with van der Waals surface area (Å²) >= 11 is 0. The molecule has 0 saturated carbocycles. The van der Waals surface area contributed by atoms with Crippen LogP contribution in [-0.2, 0) is 41.8 Å². The van der Waals surface area contributed by atoms with Crippen LogP contribution >= 0.6 is 0 Å². The predicted molar refractivity (Wildman–Crippen MR) is 569 cm³/mol. The third-order valence-corrected chi connectivity index (χ3v) is 25.8. The van der Waals surface area contributed by atoms with Crippen molar-refractivity contribution in [1.29, 1.82) is 0 Å². The average molecular weight is 1960 g/mol. The fourth-order valence-corrected chi connectivity index (χ4v) is 18.3. The van der Waals surface area contributed by atoms with Crippen molar-refractivity contribution in [1.82, 2.24) is 44.4 Å². The van der Waals surface area contributed by atoms with Crippen LogP contribution in [0.15, 0.2) is 419 Å². The number of aromatic nitrogens is 9. The van der Waals surface area contributed by atoms with Crippen LogP contribution in [0.5, 0.6) is 0 Å². The number of fused-ring (bicyclic) bond motifs is 3. The molecule has 0 spiro atoms. The minimum atomic E-state index is -0.00571. The SMILES string of the molecule is CC(C)(C)c1ccc(-c2nc(-c3ccc(C(C)(C)C)cc3)nc(-c3ccc(-c4[c-]ccc(-c5c(-c6ccccc6)c(-c6ccccc6)c(-c6ccccc6)c(-c6ccccc6)c5-c5ccc6c(c5)c5ccccc5n6-c5cc(-c6ccccc6)cc(-c6ccccc6)c5)c4)nc3)n2)cc1.CC(C)(C)c1ccc(-c2nc(-c3ccc(C(C)(C)C)cc3)nc(-c3ccc(-c4[c-]cccc4)nc3)n2)cc1.[Ir]. The molecule has 0 aliphatic carbocycles. The molecule has 10 heteroatoms. The molecule has 0 saturated heterocycles. The Morgan fingerprint density at radius 1 is 0.203 bits per heavy atom. The Morgan fingerprint density at radius 3 is 0.833 bits per heavy atom. The van der Waals surface area contributed by atoms with Crippen molar-refractivity contribution in [2.45, 2.75) is 105 Å². The molecular weight excluding hydrogens is 1860 g/mol. The molecule has 9 nitrogen and oxygen atoms in total. The molecule has 5 aromatic heterocycles. The zero-order valence-corrected chi connectivity index (χ0v) is 82.1. The summed E-state index contributed by atoms with van der Waals surface area (Å²) in [6, 6.07) is 152. The summed E-state index contributed by atoms with van der Waals surface area (Å²) < 4.78 is 2.46. The number of pyridine rings is 2. The number of hydrogen-bond donors (Lipinski definition) is 0. The van der Waals surface area contributed by atoms with E-state index in [1.807, 2.05) is 48.8 Å². The molecule has 0 amide bonds. The van der Waals surface area contributed by atoms with E-state index in [1.165, 1.54) is 22.3 Å². The zero-order chi connectivity index (χ0) is 94.1. The second-order valence-corrected chi connectivity index (χ2v) is 39.4. The number of rotatable bonds is 17. The van der Waals surface area contributed by atoms with Crippen molar-refractivity contribution in [2.24, 2.45) is 0 Å². The van der Waals surface area contributed by atoms with Gasteiger partial charge in [-0.05, 0) is 175 Å². The number of benzene rings is 16. The molecule has 0 atom stereocenters. The Kier molecular flexibility index (Phi) is 25.6. The van der Waals surface area contributed by atoms with Gasteiger partial charge in [0.2, 0.25) is 0 Å². The maximum absolute atomic E-state index is 5.29. The van der Waals surface area contributed by atoms with Gasteiger partial charge in [-0.3, -0.25) is 0 Å². The van der Waals surface area contributed by atoms with Gasteiger partial charge in [0, 0.05) is 82.3 Å². The largest absolute Gasteiger partial charge is 0.309 e. The van der Waals surface area contributed by atoms with E-state index >= 15 is 0 Å². The van der Waals surface area contributed by atoms with Gasteiger partial charge in [0.25, 0.3) is 0 Å². The Balaban J connectivity index is 0.000000261. The van der Waals surface area contributed by atoms with Crippen LogP contribution in [0.25, 0.3) is 207 Å². The Labute approximate surface area is 823 Å². The topological polar surface area (TPSA) is 108 Å². The van der Waals surface area contributed by atoms with Crippen molar-refractivity contribution < 1.29 is 20.1 Å². The van der Waals surface area contributed by atoms with Crippen molar-refractivity contribution in [3.8, 4) is 186 Å². The second-order valence-electron chi connectivity index (χ2n) is 39.4. The Bertz CT molecular complexity index is 7700. The molecular formula is C128H105IrN9-2. The summed E-state index contributed by atoms with van der Waals surface area (Å²) in [6.45, 7) is 26.7. The first-order valence-corrected chi connectivity index (χ1v) is 47.1. The number of para-hydroxylation sites is 1. The molecule has 0 aliphatic heterocycles. The van der Waals surface area contributed by atoms with Crippen LogP contribution in [0.1, 0.15) is 105 Å². The van der Waals surface area contributed by atoms with Crippen molar-refractivity contribution in [3.05, 3.63) is 453 Å². The average Bonchev–Trinajstić information content (AvgIpc) is 1.09. The van der Waals surface area contributed by atoms with Gasteiger partial charge in [-0.15, -0.1) is 65.7 Å². The molecule has 5 heterocycles. The van der Waals surface area contributed by atoms with Gasteiger partial charge in [-0.1, -0.05) is 416 Å². The maximum Gasteiger partial charge on any atom is 0.165 e.